The quantitative estimate of drug-likeness (QED) is 0.0373. The number of nitrogens with one attached hydrogen (secondary N) is 2. The number of hydrogen-bond acceptors (Lipinski definition) is 17. The predicted octanol–water partition coefficient (Wildman–Crippen LogP) is 13.7. The van der Waals surface area contributed by atoms with Gasteiger partial charge in [0.25, 0.3) is 0 Å². The van der Waals surface area contributed by atoms with E-state index < -0.39 is 41.7 Å². The molecule has 0 radical (unpaired) electrons. The van der Waals surface area contributed by atoms with E-state index in [0.717, 1.165) is 94.0 Å². The number of anilines is 3. The largest absolute Gasteiger partial charge is 0.482 e. The van der Waals surface area contributed by atoms with Crippen LogP contribution >= 0.6 is 69.6 Å². The number of piperazine rings is 1. The van der Waals surface area contributed by atoms with E-state index in [9.17, 15) is 18.0 Å². The summed E-state index contributed by atoms with van der Waals surface area (Å²) >= 11 is 36.9. The van der Waals surface area contributed by atoms with Crippen molar-refractivity contribution in [2.75, 3.05) is 69.6 Å². The molecule has 9 aromatic rings. The lowest BCUT2D eigenvalue weighted by Crippen LogP contribution is -2.44. The summed E-state index contributed by atoms with van der Waals surface area (Å²) in [6.07, 6.45) is 15.6. The van der Waals surface area contributed by atoms with Crippen molar-refractivity contribution in [1.82, 2.24) is 59.8 Å². The molecule has 2 saturated heterocycles. The fraction of sp³-hybridized carbons (Fsp3) is 0.317. The summed E-state index contributed by atoms with van der Waals surface area (Å²) in [5.74, 6) is -0.0797. The molecule has 6 aromatic heterocycles. The summed E-state index contributed by atoms with van der Waals surface area (Å²) in [4.78, 5) is 26.8. The van der Waals surface area contributed by atoms with Gasteiger partial charge in [-0.1, -0.05) is 69.6 Å². The molecule has 486 valence electrons. The molecule has 0 spiro atoms. The Morgan fingerprint density at radius 1 is 0.565 bits per heavy atom. The van der Waals surface area contributed by atoms with Gasteiger partial charge in [-0.05, 0) is 108 Å². The molecule has 8 N–H and O–H groups in total. The molecule has 92 heavy (non-hydrogen) atoms. The zero-order chi connectivity index (χ0) is 65.8. The second-order valence-corrected chi connectivity index (χ2v) is 23.8. The molecule has 20 nitrogen and oxygen atoms in total. The Morgan fingerprint density at radius 2 is 1.01 bits per heavy atom. The topological polar surface area (TPSA) is 251 Å². The first-order valence-corrected chi connectivity index (χ1v) is 31.5. The van der Waals surface area contributed by atoms with Gasteiger partial charge in [0, 0.05) is 130 Å². The maximum atomic E-state index is 13.9. The molecule has 3 aromatic carbocycles. The molecule has 2 aliphatic rings. The van der Waals surface area contributed by atoms with E-state index in [-0.39, 0.29) is 55.5 Å². The number of halogens is 9. The first-order valence-electron chi connectivity index (χ1n) is 29.2. The smallest absolute Gasteiger partial charge is 0.341 e. The first-order chi connectivity index (χ1) is 44.1. The summed E-state index contributed by atoms with van der Waals surface area (Å²) in [5.41, 5.74) is 23.2. The third kappa shape index (κ3) is 17.4. The van der Waals surface area contributed by atoms with Crippen LogP contribution in [-0.2, 0) is 17.8 Å². The molecular formula is C63H66Cl6F3N15O5. The van der Waals surface area contributed by atoms with Crippen molar-refractivity contribution in [2.24, 2.45) is 5.92 Å². The van der Waals surface area contributed by atoms with Crippen molar-refractivity contribution in [3.63, 3.8) is 0 Å². The minimum atomic E-state index is -0.710. The highest BCUT2D eigenvalue weighted by atomic mass is 35.5. The van der Waals surface area contributed by atoms with Gasteiger partial charge in [-0.25, -0.2) is 37.6 Å². The number of aromatic nitrogens is 9. The zero-order valence-electron chi connectivity index (χ0n) is 50.3. The molecule has 0 aliphatic carbocycles. The van der Waals surface area contributed by atoms with Crippen LogP contribution in [0.25, 0.3) is 27.9 Å². The highest BCUT2D eigenvalue weighted by molar-refractivity contribution is 6.37. The zero-order valence-corrected chi connectivity index (χ0v) is 54.9. The average Bonchev–Trinajstić information content (AvgIpc) is 1.12. The second kappa shape index (κ2) is 31.8. The molecular weight excluding hydrogens is 1320 g/mol. The number of hydrogen-bond donors (Lipinski definition) is 5. The SMILES string of the molecule is CC(Oc1cc(-c2cnn(CC3CCNCC3)c2)cnc1N)c1c(Cl)ccc(F)c1Cl.CC(Oc1cc(-c2cnn(CCN3CCNCC3)c2)cnc1N)c1c(Cl)ccc(F)c1Cl.CCOC(=O)c1cnn(-c2cnc(N)c(OC(C)c3c(Cl)ccc(F)c3Cl)c2)c1. The average molecular weight is 1380 g/mol. The minimum absolute atomic E-state index is 0.0677. The van der Waals surface area contributed by atoms with Gasteiger partial charge in [0.2, 0.25) is 0 Å². The number of piperidine rings is 1. The molecule has 2 aliphatic heterocycles. The number of rotatable bonds is 19. The van der Waals surface area contributed by atoms with Crippen LogP contribution in [0.3, 0.4) is 0 Å². The van der Waals surface area contributed by atoms with Crippen molar-refractivity contribution in [1.29, 1.82) is 0 Å². The van der Waals surface area contributed by atoms with Crippen LogP contribution in [0.5, 0.6) is 17.2 Å². The van der Waals surface area contributed by atoms with E-state index in [1.54, 1.807) is 64.5 Å². The number of nitrogens with zero attached hydrogens (tertiary/aromatic N) is 10. The number of nitrogens with two attached hydrogens (primary N) is 3. The normalized spacial score (nSPS) is 14.5. The predicted molar refractivity (Wildman–Crippen MR) is 353 cm³/mol. The lowest BCUT2D eigenvalue weighted by molar-refractivity contribution is 0.0526. The fourth-order valence-corrected chi connectivity index (χ4v) is 12.1. The van der Waals surface area contributed by atoms with Gasteiger partial charge in [-0.3, -0.25) is 14.3 Å². The number of ether oxygens (including phenoxy) is 4. The van der Waals surface area contributed by atoms with Gasteiger partial charge in [-0.15, -0.1) is 0 Å². The number of nitrogen functional groups attached to an aromatic ring is 3. The molecule has 3 atom stereocenters. The van der Waals surface area contributed by atoms with Gasteiger partial charge in [-0.2, -0.15) is 15.3 Å². The number of pyridine rings is 3. The monoisotopic (exact) mass is 1380 g/mol. The third-order valence-electron chi connectivity index (χ3n) is 15.1. The fourth-order valence-electron chi connectivity index (χ4n) is 10.1. The summed E-state index contributed by atoms with van der Waals surface area (Å²) in [6.45, 7) is 16.0. The van der Waals surface area contributed by atoms with Gasteiger partial charge >= 0.3 is 5.97 Å². The number of carbonyl (C=O) groups is 1. The maximum absolute atomic E-state index is 13.9. The van der Waals surface area contributed by atoms with Crippen LogP contribution in [0.4, 0.5) is 30.6 Å². The van der Waals surface area contributed by atoms with Crippen LogP contribution in [0, 0.1) is 23.4 Å². The first kappa shape index (κ1) is 68.8. The maximum Gasteiger partial charge on any atom is 0.341 e. The molecule has 2 fully saturated rings. The highest BCUT2D eigenvalue weighted by Gasteiger charge is 2.25. The van der Waals surface area contributed by atoms with E-state index in [2.05, 4.69) is 45.8 Å². The lowest BCUT2D eigenvalue weighted by Gasteiger charge is -2.26. The van der Waals surface area contributed by atoms with Crippen molar-refractivity contribution in [3.8, 4) is 45.2 Å². The summed E-state index contributed by atoms with van der Waals surface area (Å²) in [7, 11) is 0. The van der Waals surface area contributed by atoms with Crippen LogP contribution < -0.4 is 42.0 Å². The summed E-state index contributed by atoms with van der Waals surface area (Å²) in [5, 5.41) is 20.5. The molecule has 8 heterocycles. The van der Waals surface area contributed by atoms with Crippen LogP contribution in [-0.4, -0.2) is 108 Å². The van der Waals surface area contributed by atoms with E-state index in [1.165, 1.54) is 59.7 Å². The summed E-state index contributed by atoms with van der Waals surface area (Å²) in [6, 6.07) is 13.1. The van der Waals surface area contributed by atoms with Crippen LogP contribution in [0.15, 0.2) is 110 Å². The Hall–Kier alpha value is -7.58. The standard InChI is InChI=1S/C22H25Cl2FN6O.C22H24Cl2FN5O.C19H17Cl2FN4O3/c1-14(20-17(23)2-3-18(25)21(20)24)32-19-10-15(11-28-22(19)26)16-12-29-31(13-16)9-8-30-6-4-27-5-7-30;1-13(20-17(23)2-3-18(25)21(20)24)31-19-8-15(9-28-22(19)26)16-10-29-30(12-16)11-14-4-6-27-7-5-14;1-3-28-19(27)11-7-25-26(9-11)12-6-15(18(23)24-8-12)29-10(2)16-13(20)4-5-14(22)17(16)21/h2-3,10-14,27H,4-9H2,1H3,(H2,26,28);2-3,8-10,12-14,27H,4-7,11H2,1H3,(H2,26,28);4-10H,3H2,1-2H3,(H2,23,24). The Labute approximate surface area is 559 Å². The van der Waals surface area contributed by atoms with Gasteiger partial charge in [0.1, 0.15) is 35.8 Å². The minimum Gasteiger partial charge on any atom is -0.482 e. The molecule has 0 amide bonds. The Morgan fingerprint density at radius 3 is 1.50 bits per heavy atom. The molecule has 29 heteroatoms. The van der Waals surface area contributed by atoms with E-state index in [0.29, 0.717) is 49.8 Å². The number of esters is 1. The van der Waals surface area contributed by atoms with E-state index in [4.69, 9.17) is 106 Å². The Kier molecular flexibility index (Phi) is 23.8. The molecule has 11 rings (SSSR count). The van der Waals surface area contributed by atoms with Crippen LogP contribution in [0.1, 0.15) is 85.9 Å². The Bertz CT molecular complexity index is 4020. The van der Waals surface area contributed by atoms with Crippen molar-refractivity contribution >= 4 is 93.0 Å². The van der Waals surface area contributed by atoms with Gasteiger partial charge < -0.3 is 46.8 Å². The van der Waals surface area contributed by atoms with E-state index >= 15 is 0 Å². The van der Waals surface area contributed by atoms with Crippen molar-refractivity contribution in [3.05, 3.63) is 180 Å². The van der Waals surface area contributed by atoms with Crippen molar-refractivity contribution in [2.45, 2.75) is 71.9 Å². The van der Waals surface area contributed by atoms with Gasteiger partial charge in [0.05, 0.1) is 64.3 Å². The lowest BCUT2D eigenvalue weighted by atomic mass is 9.98. The summed E-state index contributed by atoms with van der Waals surface area (Å²) < 4.78 is 69.7. The Balaban J connectivity index is 0.000000163. The van der Waals surface area contributed by atoms with Crippen molar-refractivity contribution < 1.29 is 36.9 Å². The number of carbonyl (C=O) groups excluding carboxylic acids is 1. The third-order valence-corrected chi connectivity index (χ3v) is 17.2. The molecule has 3 unspecified atom stereocenters. The highest BCUT2D eigenvalue weighted by Crippen LogP contribution is 2.40. The second-order valence-electron chi connectivity index (χ2n) is 21.5. The molecule has 0 bridgehead atoms. The van der Waals surface area contributed by atoms with E-state index in [1.807, 2.05) is 28.0 Å². The van der Waals surface area contributed by atoms with Crippen LogP contribution in [0.2, 0.25) is 30.1 Å². The van der Waals surface area contributed by atoms with Gasteiger partial charge in [0.15, 0.2) is 34.7 Å². The molecule has 0 saturated carbocycles. The number of benzene rings is 3.